The second-order valence-electron chi connectivity index (χ2n) is 6.84. The van der Waals surface area contributed by atoms with Gasteiger partial charge in [0.05, 0.1) is 5.56 Å². The van der Waals surface area contributed by atoms with Crippen LogP contribution in [0.2, 0.25) is 0 Å². The first kappa shape index (κ1) is 21.2. The fourth-order valence-electron chi connectivity index (χ4n) is 3.10. The van der Waals surface area contributed by atoms with E-state index in [9.17, 15) is 33.0 Å². The fourth-order valence-corrected chi connectivity index (χ4v) is 3.10. The Hall–Kier alpha value is -2.13. The molecule has 1 aliphatic rings. The lowest BCUT2D eigenvalue weighted by molar-refractivity contribution is -0.157. The van der Waals surface area contributed by atoms with E-state index in [1.807, 2.05) is 0 Å². The zero-order valence-corrected chi connectivity index (χ0v) is 15.1. The van der Waals surface area contributed by atoms with E-state index in [0.717, 1.165) is 22.6 Å². The quantitative estimate of drug-likeness (QED) is 0.813. The number of benzene rings is 1. The van der Waals surface area contributed by atoms with Crippen molar-refractivity contribution in [3.05, 3.63) is 35.4 Å². The van der Waals surface area contributed by atoms with Crippen LogP contribution in [0.1, 0.15) is 29.9 Å². The summed E-state index contributed by atoms with van der Waals surface area (Å²) in [4.78, 5) is 26.4. The highest BCUT2D eigenvalue weighted by molar-refractivity contribution is 5.90. The average molecular weight is 388 g/mol. The van der Waals surface area contributed by atoms with Crippen molar-refractivity contribution in [2.75, 3.05) is 27.2 Å². The summed E-state index contributed by atoms with van der Waals surface area (Å²) in [6.45, 7) is 0.564. The molecule has 2 atom stereocenters. The number of carbonyl (C=O) groups excluding carboxylic acids is 2. The van der Waals surface area contributed by atoms with Crippen LogP contribution in [0.5, 0.6) is 0 Å². The summed E-state index contributed by atoms with van der Waals surface area (Å²) in [7, 11) is 2.80. The van der Waals surface area contributed by atoms with E-state index in [-0.39, 0.29) is 19.0 Å². The second kappa shape index (κ2) is 8.26. The molecule has 2 rings (SSSR count). The highest BCUT2D eigenvalue weighted by Gasteiger charge is 2.36. The van der Waals surface area contributed by atoms with Gasteiger partial charge in [0, 0.05) is 27.2 Å². The molecule has 0 aliphatic carbocycles. The minimum atomic E-state index is -4.38. The molecule has 0 unspecified atom stereocenters. The van der Waals surface area contributed by atoms with E-state index in [0.29, 0.717) is 12.8 Å². The summed E-state index contributed by atoms with van der Waals surface area (Å²) in [6, 6.07) is 4.97. The van der Waals surface area contributed by atoms with E-state index in [4.69, 9.17) is 0 Å². The number of halogens is 3. The van der Waals surface area contributed by atoms with Crippen LogP contribution in [0.3, 0.4) is 0 Å². The molecule has 0 bridgehead atoms. The number of aliphatic hydroxyl groups excluding tert-OH is 2. The highest BCUT2D eigenvalue weighted by Crippen LogP contribution is 2.33. The Morgan fingerprint density at radius 3 is 2.04 bits per heavy atom. The molecule has 0 radical (unpaired) electrons. The summed E-state index contributed by atoms with van der Waals surface area (Å²) >= 11 is 0. The zero-order valence-electron chi connectivity index (χ0n) is 15.1. The van der Waals surface area contributed by atoms with Crippen LogP contribution >= 0.6 is 0 Å². The molecule has 1 aromatic carbocycles. The molecule has 2 amide bonds. The van der Waals surface area contributed by atoms with Crippen LogP contribution in [0, 0.1) is 0 Å². The molecule has 0 spiro atoms. The van der Waals surface area contributed by atoms with Crippen molar-refractivity contribution in [1.29, 1.82) is 0 Å². The number of hydrogen-bond donors (Lipinski definition) is 2. The lowest BCUT2D eigenvalue weighted by atomic mass is 9.88. The van der Waals surface area contributed by atoms with Crippen molar-refractivity contribution in [3.8, 4) is 0 Å². The number of likely N-dealkylation sites (N-methyl/N-ethyl adjacent to an activating group) is 1. The van der Waals surface area contributed by atoms with E-state index >= 15 is 0 Å². The summed E-state index contributed by atoms with van der Waals surface area (Å²) in [5, 5.41) is 19.8. The highest BCUT2D eigenvalue weighted by atomic mass is 19.4. The first-order valence-corrected chi connectivity index (χ1v) is 8.55. The maximum Gasteiger partial charge on any atom is 0.416 e. The number of hydrogen-bond acceptors (Lipinski definition) is 4. The number of aliphatic hydroxyl groups is 2. The Balaban J connectivity index is 1.94. The number of carbonyl (C=O) groups is 2. The number of likely N-dealkylation sites (tertiary alicyclic amines) is 1. The molecule has 27 heavy (non-hydrogen) atoms. The Bertz CT molecular complexity index is 668. The Morgan fingerprint density at radius 1 is 1.07 bits per heavy atom. The molecular formula is C18H23F3N2O4. The number of nitrogens with zero attached hydrogens (tertiary/aromatic N) is 2. The second-order valence-corrected chi connectivity index (χ2v) is 6.84. The maximum absolute atomic E-state index is 12.6. The lowest BCUT2D eigenvalue weighted by Crippen LogP contribution is -2.51. The molecule has 1 saturated heterocycles. The van der Waals surface area contributed by atoms with Crippen LogP contribution in [0.15, 0.2) is 24.3 Å². The van der Waals surface area contributed by atoms with E-state index < -0.39 is 35.8 Å². The predicted molar refractivity (Wildman–Crippen MR) is 90.7 cm³/mol. The van der Waals surface area contributed by atoms with Crippen molar-refractivity contribution >= 4 is 11.8 Å². The molecular weight excluding hydrogens is 365 g/mol. The third-order valence-electron chi connectivity index (χ3n) is 4.76. The Labute approximate surface area is 155 Å². The van der Waals surface area contributed by atoms with Crippen LogP contribution in [0.4, 0.5) is 13.2 Å². The van der Waals surface area contributed by atoms with Crippen LogP contribution in [-0.2, 0) is 15.8 Å². The standard InChI is InChI=1S/C18H23F3N2O4/c1-22(2)16(26)14(24)15(25)17(27)23-9-7-12(8-10-23)11-3-5-13(6-4-11)18(19,20)21/h3-6,12,14-15,24-25H,7-10H2,1-2H3/t14-,15-/m1/s1. The maximum atomic E-state index is 12.6. The largest absolute Gasteiger partial charge is 0.416 e. The summed E-state index contributed by atoms with van der Waals surface area (Å²) in [6.07, 6.45) is -7.03. The van der Waals surface area contributed by atoms with Gasteiger partial charge in [-0.2, -0.15) is 13.2 Å². The fraction of sp³-hybridized carbons (Fsp3) is 0.556. The van der Waals surface area contributed by atoms with Gasteiger partial charge in [-0.15, -0.1) is 0 Å². The van der Waals surface area contributed by atoms with Crippen molar-refractivity contribution < 1.29 is 33.0 Å². The van der Waals surface area contributed by atoms with Gasteiger partial charge in [0.25, 0.3) is 11.8 Å². The number of amides is 2. The van der Waals surface area contributed by atoms with Gasteiger partial charge in [-0.1, -0.05) is 12.1 Å². The normalized spacial score (nSPS) is 18.1. The van der Waals surface area contributed by atoms with Gasteiger partial charge in [-0.25, -0.2) is 0 Å². The van der Waals surface area contributed by atoms with Gasteiger partial charge in [0.1, 0.15) is 0 Å². The van der Waals surface area contributed by atoms with Crippen molar-refractivity contribution in [1.82, 2.24) is 9.80 Å². The van der Waals surface area contributed by atoms with Gasteiger partial charge < -0.3 is 20.0 Å². The first-order valence-electron chi connectivity index (χ1n) is 8.55. The average Bonchev–Trinajstić information content (AvgIpc) is 2.65. The van der Waals surface area contributed by atoms with Crippen molar-refractivity contribution in [3.63, 3.8) is 0 Å². The molecule has 1 aromatic rings. The van der Waals surface area contributed by atoms with E-state index in [2.05, 4.69) is 0 Å². The van der Waals surface area contributed by atoms with Gasteiger partial charge in [-0.3, -0.25) is 9.59 Å². The van der Waals surface area contributed by atoms with Crippen LogP contribution in [-0.4, -0.2) is 71.2 Å². The first-order chi connectivity index (χ1) is 12.5. The van der Waals surface area contributed by atoms with Gasteiger partial charge >= 0.3 is 6.18 Å². The Kier molecular flexibility index (Phi) is 6.48. The van der Waals surface area contributed by atoms with E-state index in [1.54, 1.807) is 0 Å². The molecule has 2 N–H and O–H groups in total. The molecule has 1 fully saturated rings. The SMILES string of the molecule is CN(C)C(=O)[C@H](O)[C@@H](O)C(=O)N1CCC(c2ccc(C(F)(F)F)cc2)CC1. The molecule has 150 valence electrons. The zero-order chi connectivity index (χ0) is 20.4. The third-order valence-corrected chi connectivity index (χ3v) is 4.76. The lowest BCUT2D eigenvalue weighted by Gasteiger charge is -2.34. The molecule has 9 heteroatoms. The number of alkyl halides is 3. The van der Waals surface area contributed by atoms with Crippen LogP contribution in [0.25, 0.3) is 0 Å². The van der Waals surface area contributed by atoms with Gasteiger partial charge in [0.15, 0.2) is 12.2 Å². The Morgan fingerprint density at radius 2 is 1.59 bits per heavy atom. The smallest absolute Gasteiger partial charge is 0.380 e. The number of piperidine rings is 1. The van der Waals surface area contributed by atoms with Crippen LogP contribution < -0.4 is 0 Å². The summed E-state index contributed by atoms with van der Waals surface area (Å²) in [5.41, 5.74) is 0.0556. The van der Waals surface area contributed by atoms with Crippen molar-refractivity contribution in [2.24, 2.45) is 0 Å². The van der Waals surface area contributed by atoms with Crippen molar-refractivity contribution in [2.45, 2.75) is 37.1 Å². The minimum absolute atomic E-state index is 0.00167. The molecule has 0 saturated carbocycles. The molecule has 6 nitrogen and oxygen atoms in total. The van der Waals surface area contributed by atoms with Gasteiger partial charge in [0.2, 0.25) is 0 Å². The monoisotopic (exact) mass is 388 g/mol. The molecule has 1 heterocycles. The topological polar surface area (TPSA) is 81.1 Å². The minimum Gasteiger partial charge on any atom is -0.380 e. The molecule has 1 aliphatic heterocycles. The summed E-state index contributed by atoms with van der Waals surface area (Å²) in [5.74, 6) is -1.50. The van der Waals surface area contributed by atoms with Gasteiger partial charge in [-0.05, 0) is 36.5 Å². The van der Waals surface area contributed by atoms with E-state index in [1.165, 1.54) is 31.1 Å². The predicted octanol–water partition coefficient (Wildman–Crippen LogP) is 1.22. The summed E-state index contributed by atoms with van der Waals surface area (Å²) < 4.78 is 37.9. The number of rotatable bonds is 4. The molecule has 0 aromatic heterocycles. The third kappa shape index (κ3) is 4.98.